The van der Waals surface area contributed by atoms with Gasteiger partial charge in [0.15, 0.2) is 5.96 Å². The maximum absolute atomic E-state index is 12.8. The molecule has 0 aromatic carbocycles. The minimum Gasteiger partial charge on any atom is -0.480 e. The number of hydrogen-bond acceptors (Lipinski definition) is 9. The normalized spacial score (nSPS) is 15.2. The smallest absolute Gasteiger partial charge is 0.326 e. The number of nitrogens with two attached hydrogens (primary N) is 4. The Labute approximate surface area is 195 Å². The summed E-state index contributed by atoms with van der Waals surface area (Å²) in [7, 11) is 0. The molecule has 15 nitrogen and oxygen atoms in total. The summed E-state index contributed by atoms with van der Waals surface area (Å²) in [6.45, 7) is 1.33. The van der Waals surface area contributed by atoms with Gasteiger partial charge in [-0.25, -0.2) is 4.79 Å². The lowest BCUT2D eigenvalue weighted by Crippen LogP contribution is -2.60. The lowest BCUT2D eigenvalue weighted by atomic mass is 10.1. The van der Waals surface area contributed by atoms with Crippen molar-refractivity contribution in [3.8, 4) is 0 Å². The Morgan fingerprint density at radius 3 is 2.00 bits per heavy atom. The number of carboxylic acids is 1. The molecule has 0 heterocycles. The average molecular weight is 493 g/mol. The lowest BCUT2D eigenvalue weighted by Gasteiger charge is -2.26. The van der Waals surface area contributed by atoms with Gasteiger partial charge in [0, 0.05) is 12.3 Å². The number of carbonyl (C=O) groups excluding carboxylic acids is 4. The van der Waals surface area contributed by atoms with Crippen molar-refractivity contribution >= 4 is 48.2 Å². The molecule has 4 amide bonds. The summed E-state index contributed by atoms with van der Waals surface area (Å²) in [6.07, 6.45) is -1.86. The highest BCUT2D eigenvalue weighted by atomic mass is 32.1. The predicted octanol–water partition coefficient (Wildman–Crippen LogP) is -4.91. The van der Waals surface area contributed by atoms with Gasteiger partial charge in [-0.1, -0.05) is 0 Å². The maximum atomic E-state index is 12.8. The summed E-state index contributed by atoms with van der Waals surface area (Å²) in [5.41, 5.74) is 21.1. The van der Waals surface area contributed by atoms with Crippen molar-refractivity contribution in [1.29, 1.82) is 0 Å². The number of thiol groups is 1. The largest absolute Gasteiger partial charge is 0.480 e. The Morgan fingerprint density at radius 2 is 1.55 bits per heavy atom. The van der Waals surface area contributed by atoms with Gasteiger partial charge < -0.3 is 49.1 Å². The molecule has 0 radical (unpaired) electrons. The first-order valence-electron chi connectivity index (χ1n) is 9.82. The molecule has 0 rings (SSSR count). The molecule has 0 bridgehead atoms. The third-order valence-corrected chi connectivity index (χ3v) is 4.59. The van der Waals surface area contributed by atoms with Crippen molar-refractivity contribution in [3.05, 3.63) is 0 Å². The van der Waals surface area contributed by atoms with E-state index in [0.717, 1.165) is 0 Å². The Morgan fingerprint density at radius 1 is 0.970 bits per heavy atom. The van der Waals surface area contributed by atoms with E-state index in [-0.39, 0.29) is 31.1 Å². The molecule has 0 aliphatic rings. The van der Waals surface area contributed by atoms with Crippen molar-refractivity contribution in [3.63, 3.8) is 0 Å². The van der Waals surface area contributed by atoms with E-state index in [1.165, 1.54) is 6.92 Å². The first-order chi connectivity index (χ1) is 15.3. The molecule has 13 N–H and O–H groups in total. The number of nitrogens with zero attached hydrogens (tertiary/aromatic N) is 1. The molecular weight excluding hydrogens is 460 g/mol. The summed E-state index contributed by atoms with van der Waals surface area (Å²) in [5.74, 6) is -5.30. The monoisotopic (exact) mass is 492 g/mol. The molecule has 5 atom stereocenters. The fourth-order valence-electron chi connectivity index (χ4n) is 2.46. The lowest BCUT2D eigenvalue weighted by molar-refractivity contribution is -0.144. The van der Waals surface area contributed by atoms with Crippen LogP contribution in [0.5, 0.6) is 0 Å². The Hall–Kier alpha value is -3.11. The third kappa shape index (κ3) is 11.9. The average Bonchev–Trinajstić information content (AvgIpc) is 2.71. The van der Waals surface area contributed by atoms with Gasteiger partial charge >= 0.3 is 5.97 Å². The van der Waals surface area contributed by atoms with E-state index in [2.05, 4.69) is 28.3 Å². The van der Waals surface area contributed by atoms with Gasteiger partial charge in [-0.15, -0.1) is 0 Å². The Kier molecular flexibility index (Phi) is 13.5. The Bertz CT molecular complexity index is 745. The number of nitrogens with one attached hydrogen (secondary N) is 3. The van der Waals surface area contributed by atoms with E-state index < -0.39 is 66.3 Å². The SMILES string of the molecule is CC(O)C(NC(=O)C(CCCN=C(N)N)NC(=O)C(N)CS)C(=O)NC(CC(N)=O)C(=O)O. The second-order valence-corrected chi connectivity index (χ2v) is 7.46. The van der Waals surface area contributed by atoms with Crippen molar-refractivity contribution in [2.45, 2.75) is 56.5 Å². The number of guanidine groups is 1. The summed E-state index contributed by atoms with van der Waals surface area (Å²) >= 11 is 3.92. The molecule has 0 fully saturated rings. The number of amides is 4. The third-order valence-electron chi connectivity index (χ3n) is 4.19. The van der Waals surface area contributed by atoms with Crippen LogP contribution in [0.15, 0.2) is 4.99 Å². The number of carbonyl (C=O) groups is 5. The second-order valence-electron chi connectivity index (χ2n) is 7.10. The van der Waals surface area contributed by atoms with E-state index >= 15 is 0 Å². The summed E-state index contributed by atoms with van der Waals surface area (Å²) < 4.78 is 0. The molecule has 0 aliphatic heterocycles. The number of hydrogen-bond donors (Lipinski definition) is 10. The molecule has 0 spiro atoms. The van der Waals surface area contributed by atoms with Crippen molar-refractivity contribution in [2.24, 2.45) is 27.9 Å². The molecular formula is C17H32N8O7S. The summed E-state index contributed by atoms with van der Waals surface area (Å²) in [5, 5.41) is 25.8. The zero-order valence-corrected chi connectivity index (χ0v) is 19.0. The van der Waals surface area contributed by atoms with Gasteiger partial charge in [0.2, 0.25) is 23.6 Å². The minimum atomic E-state index is -1.67. The highest BCUT2D eigenvalue weighted by molar-refractivity contribution is 7.80. The molecule has 0 aliphatic carbocycles. The second kappa shape index (κ2) is 14.9. The van der Waals surface area contributed by atoms with Crippen LogP contribution < -0.4 is 38.9 Å². The van der Waals surface area contributed by atoms with E-state index in [0.29, 0.717) is 0 Å². The van der Waals surface area contributed by atoms with Crippen LogP contribution in [0.4, 0.5) is 0 Å². The quantitative estimate of drug-likeness (QED) is 0.0450. The number of carboxylic acid groups (broad SMARTS) is 1. The van der Waals surface area contributed by atoms with Crippen molar-refractivity contribution in [2.75, 3.05) is 12.3 Å². The number of rotatable bonds is 15. The standard InChI is InChI=1S/C17H32N8O7S/c1-7(26)12(15(30)24-10(16(31)32)5-11(19)27)25-14(29)9(3-2-4-22-17(20)21)23-13(28)8(18)6-33/h7-10,12,26,33H,2-6,18H2,1H3,(H2,19,27)(H,23,28)(H,24,30)(H,25,29)(H,31,32)(H4,20,21,22). The van der Waals surface area contributed by atoms with Crippen LogP contribution in [0.3, 0.4) is 0 Å². The van der Waals surface area contributed by atoms with Gasteiger partial charge in [0.25, 0.3) is 0 Å². The zero-order valence-electron chi connectivity index (χ0n) is 18.1. The van der Waals surface area contributed by atoms with Crippen LogP contribution in [0.25, 0.3) is 0 Å². The zero-order chi connectivity index (χ0) is 25.7. The van der Waals surface area contributed by atoms with E-state index in [9.17, 15) is 29.1 Å². The number of primary amides is 1. The first kappa shape index (κ1) is 29.9. The topological polar surface area (TPSA) is 278 Å². The van der Waals surface area contributed by atoms with Gasteiger partial charge in [-0.2, -0.15) is 12.6 Å². The van der Waals surface area contributed by atoms with E-state index in [1.54, 1.807) is 0 Å². The number of aliphatic carboxylic acids is 1. The first-order valence-corrected chi connectivity index (χ1v) is 10.5. The number of aliphatic imine (C=N–C) groups is 1. The van der Waals surface area contributed by atoms with Gasteiger partial charge in [-0.05, 0) is 19.8 Å². The van der Waals surface area contributed by atoms with E-state index in [1.807, 2.05) is 5.32 Å². The van der Waals surface area contributed by atoms with Crippen molar-refractivity contribution in [1.82, 2.24) is 16.0 Å². The van der Waals surface area contributed by atoms with Gasteiger partial charge in [0.05, 0.1) is 18.6 Å². The molecule has 0 aromatic rings. The van der Waals surface area contributed by atoms with Crippen LogP contribution in [0.2, 0.25) is 0 Å². The molecule has 0 aromatic heterocycles. The van der Waals surface area contributed by atoms with Crippen LogP contribution >= 0.6 is 12.6 Å². The van der Waals surface area contributed by atoms with E-state index in [4.69, 9.17) is 28.0 Å². The Balaban J connectivity index is 5.47. The van der Waals surface area contributed by atoms with Crippen LogP contribution in [0.1, 0.15) is 26.2 Å². The number of aliphatic hydroxyl groups is 1. The molecule has 33 heavy (non-hydrogen) atoms. The molecule has 0 saturated heterocycles. The van der Waals surface area contributed by atoms with Crippen molar-refractivity contribution < 1.29 is 34.2 Å². The molecule has 16 heteroatoms. The summed E-state index contributed by atoms with van der Waals surface area (Å²) in [4.78, 5) is 63.4. The molecule has 5 unspecified atom stereocenters. The molecule has 188 valence electrons. The van der Waals surface area contributed by atoms with Gasteiger partial charge in [0.1, 0.15) is 18.1 Å². The fourth-order valence-corrected chi connectivity index (χ4v) is 2.62. The van der Waals surface area contributed by atoms with Crippen LogP contribution in [-0.4, -0.2) is 88.3 Å². The fraction of sp³-hybridized carbons (Fsp3) is 0.647. The minimum absolute atomic E-state index is 0.00329. The predicted molar refractivity (Wildman–Crippen MR) is 121 cm³/mol. The molecule has 0 saturated carbocycles. The van der Waals surface area contributed by atoms with Crippen LogP contribution in [-0.2, 0) is 24.0 Å². The van der Waals surface area contributed by atoms with Gasteiger partial charge in [-0.3, -0.25) is 24.2 Å². The summed E-state index contributed by atoms with van der Waals surface area (Å²) in [6, 6.07) is -5.48. The van der Waals surface area contributed by atoms with Crippen LogP contribution in [0, 0.1) is 0 Å². The number of aliphatic hydroxyl groups excluding tert-OH is 1. The highest BCUT2D eigenvalue weighted by Gasteiger charge is 2.33. The maximum Gasteiger partial charge on any atom is 0.326 e. The highest BCUT2D eigenvalue weighted by Crippen LogP contribution is 2.04.